The van der Waals surface area contributed by atoms with Gasteiger partial charge < -0.3 is 29.5 Å². The molecule has 0 aromatic carbocycles. The van der Waals surface area contributed by atoms with Gasteiger partial charge in [0.25, 0.3) is 0 Å². The highest BCUT2D eigenvalue weighted by Crippen LogP contribution is 2.36. The highest BCUT2D eigenvalue weighted by molar-refractivity contribution is 7.46. The minimum atomic E-state index is -4.83. The molecule has 0 radical (unpaired) electrons. The first kappa shape index (κ1) is 52.6. The lowest BCUT2D eigenvalue weighted by Crippen LogP contribution is -2.29. The summed E-state index contributed by atoms with van der Waals surface area (Å²) in [5, 5.41) is 20.2. The molecule has 0 saturated heterocycles. The van der Waals surface area contributed by atoms with E-state index in [-0.39, 0.29) is 12.8 Å². The zero-order valence-corrected chi connectivity index (χ0v) is 34.8. The minimum absolute atomic E-state index is 0.00762. The van der Waals surface area contributed by atoms with Gasteiger partial charge in [-0.1, -0.05) is 142 Å². The number of phosphoric ester groups is 1. The maximum Gasteiger partial charge on any atom is 0.469 e. The lowest BCUT2D eigenvalue weighted by molar-refractivity contribution is -0.161. The van der Waals surface area contributed by atoms with E-state index in [0.717, 1.165) is 64.2 Å². The Morgan fingerprint density at radius 1 is 0.589 bits per heavy atom. The van der Waals surface area contributed by atoms with Crippen molar-refractivity contribution < 1.29 is 48.2 Å². The number of unbranched alkanes of at least 4 members (excludes halogenated alkanes) is 6. The Kier molecular flexibility index (Phi) is 36.2. The third-order valence-corrected chi connectivity index (χ3v) is 8.45. The number of phosphoric acid groups is 1. The van der Waals surface area contributed by atoms with Crippen LogP contribution in [0.15, 0.2) is 109 Å². The lowest BCUT2D eigenvalue weighted by Gasteiger charge is -2.18. The summed E-state index contributed by atoms with van der Waals surface area (Å²) < 4.78 is 26.2. The second-order valence-electron chi connectivity index (χ2n) is 13.3. The maximum atomic E-state index is 12.4. The summed E-state index contributed by atoms with van der Waals surface area (Å²) in [5.74, 6) is -1.18. The number of esters is 2. The van der Waals surface area contributed by atoms with Crippen molar-refractivity contribution in [2.24, 2.45) is 0 Å². The Balaban J connectivity index is 4.29. The van der Waals surface area contributed by atoms with Gasteiger partial charge >= 0.3 is 19.8 Å². The van der Waals surface area contributed by atoms with E-state index in [4.69, 9.17) is 19.3 Å². The second-order valence-corrected chi connectivity index (χ2v) is 14.5. The topological polar surface area (TPSA) is 160 Å². The summed E-state index contributed by atoms with van der Waals surface area (Å²) in [6, 6.07) is 0. The largest absolute Gasteiger partial charge is 0.469 e. The molecule has 0 aliphatic rings. The monoisotopic (exact) mass is 802 g/mol. The molecule has 0 bridgehead atoms. The molecule has 0 amide bonds. The van der Waals surface area contributed by atoms with Crippen LogP contribution in [0.4, 0.5) is 0 Å². The van der Waals surface area contributed by atoms with Crippen molar-refractivity contribution >= 4 is 19.8 Å². The first-order chi connectivity index (χ1) is 27.1. The Morgan fingerprint density at radius 2 is 1.12 bits per heavy atom. The van der Waals surface area contributed by atoms with Crippen LogP contribution >= 0.6 is 7.82 Å². The van der Waals surface area contributed by atoms with Crippen LogP contribution in [0.1, 0.15) is 129 Å². The van der Waals surface area contributed by atoms with Crippen LogP contribution in [0.5, 0.6) is 0 Å². The average Bonchev–Trinajstić information content (AvgIpc) is 3.16. The van der Waals surface area contributed by atoms with Gasteiger partial charge in [0.1, 0.15) is 6.61 Å². The fourth-order valence-corrected chi connectivity index (χ4v) is 5.25. The first-order valence-corrected chi connectivity index (χ1v) is 21.9. The van der Waals surface area contributed by atoms with Crippen molar-refractivity contribution in [1.82, 2.24) is 0 Å². The Morgan fingerprint density at radius 3 is 1.71 bits per heavy atom. The fraction of sp³-hybridized carbons (Fsp3) is 0.556. The number of aliphatic hydroxyl groups excluding tert-OH is 2. The summed E-state index contributed by atoms with van der Waals surface area (Å²) in [5.41, 5.74) is 0. The van der Waals surface area contributed by atoms with Gasteiger partial charge in [-0.05, 0) is 83.5 Å². The standard InChI is InChI=1S/C45H71O10P/c1-3-5-7-9-11-12-13-14-15-16-17-18-19-20-21-22-23-25-31-37-45(49)55-43(40-54-56(50,51)52)39-53-44(48)38-32-36-42(47)35-30-27-26-29-34-41(46)33-28-24-10-8-6-4-2/h5,7,11-12,14-15,17-18,20-21,24,26-30,34-35,41-43,46-47H,3-4,6,8-10,13,16,19,22-23,25,31-33,36-40H2,1-2H3,(H2,50,51,52)/b7-5-,12-11-,15-14-,18-17-,21-20-,27-26+,28-24-,34-29+,35-30-/t41-,42-,43-/m1/s1. The highest BCUT2D eigenvalue weighted by Gasteiger charge is 2.23. The molecule has 0 aromatic heterocycles. The molecule has 3 atom stereocenters. The number of allylic oxidation sites excluding steroid dienone is 15. The van der Waals surface area contributed by atoms with Gasteiger partial charge in [0, 0.05) is 12.8 Å². The molecule has 0 unspecified atom stereocenters. The predicted octanol–water partition coefficient (Wildman–Crippen LogP) is 10.3. The molecule has 11 heteroatoms. The fourth-order valence-electron chi connectivity index (χ4n) is 4.89. The Hall–Kier alpha value is -3.37. The van der Waals surface area contributed by atoms with Crippen LogP contribution < -0.4 is 0 Å². The van der Waals surface area contributed by atoms with Gasteiger partial charge in [-0.25, -0.2) is 4.57 Å². The van der Waals surface area contributed by atoms with Crippen LogP contribution in [0.2, 0.25) is 0 Å². The smallest absolute Gasteiger partial charge is 0.462 e. The molecule has 0 spiro atoms. The van der Waals surface area contributed by atoms with Crippen molar-refractivity contribution in [3.63, 3.8) is 0 Å². The number of hydrogen-bond acceptors (Lipinski definition) is 8. The molecule has 0 aliphatic carbocycles. The van der Waals surface area contributed by atoms with E-state index in [1.807, 2.05) is 6.08 Å². The van der Waals surface area contributed by atoms with Crippen molar-refractivity contribution in [3.8, 4) is 0 Å². The van der Waals surface area contributed by atoms with E-state index in [1.165, 1.54) is 12.8 Å². The molecule has 4 N–H and O–H groups in total. The van der Waals surface area contributed by atoms with Gasteiger partial charge in [-0.3, -0.25) is 14.1 Å². The number of hydrogen-bond donors (Lipinski definition) is 4. The molecule has 316 valence electrons. The molecule has 0 aliphatic heterocycles. The number of carbonyl (C=O) groups is 2. The lowest BCUT2D eigenvalue weighted by atomic mass is 10.1. The van der Waals surface area contributed by atoms with Gasteiger partial charge in [-0.2, -0.15) is 0 Å². The Labute approximate surface area is 337 Å². The van der Waals surface area contributed by atoms with E-state index in [2.05, 4.69) is 85.2 Å². The van der Waals surface area contributed by atoms with Crippen molar-refractivity contribution in [3.05, 3.63) is 109 Å². The highest BCUT2D eigenvalue weighted by atomic mass is 31.2. The third kappa shape index (κ3) is 40.3. The molecular formula is C45H71O10P. The molecule has 0 rings (SSSR count). The minimum Gasteiger partial charge on any atom is -0.462 e. The van der Waals surface area contributed by atoms with Crippen LogP contribution in [-0.2, 0) is 28.2 Å². The normalized spacial score (nSPS) is 14.8. The second kappa shape index (κ2) is 38.5. The quantitative estimate of drug-likeness (QED) is 0.0160. The van der Waals surface area contributed by atoms with E-state index in [9.17, 15) is 24.4 Å². The number of aliphatic hydroxyl groups is 2. The summed E-state index contributed by atoms with van der Waals surface area (Å²) in [6.45, 7) is 3.25. The maximum absolute atomic E-state index is 12.4. The number of ether oxygens (including phenoxy) is 2. The molecule has 10 nitrogen and oxygen atoms in total. The Bertz CT molecular complexity index is 1300. The van der Waals surface area contributed by atoms with Crippen LogP contribution in [0, 0.1) is 0 Å². The van der Waals surface area contributed by atoms with Gasteiger partial charge in [0.15, 0.2) is 6.10 Å². The molecule has 56 heavy (non-hydrogen) atoms. The first-order valence-electron chi connectivity index (χ1n) is 20.4. The van der Waals surface area contributed by atoms with Crippen molar-refractivity contribution in [2.45, 2.75) is 148 Å². The van der Waals surface area contributed by atoms with E-state index in [1.54, 1.807) is 36.5 Å². The predicted molar refractivity (Wildman–Crippen MR) is 228 cm³/mol. The van der Waals surface area contributed by atoms with E-state index in [0.29, 0.717) is 25.7 Å². The molecular weight excluding hydrogens is 731 g/mol. The van der Waals surface area contributed by atoms with Crippen molar-refractivity contribution in [2.75, 3.05) is 13.2 Å². The van der Waals surface area contributed by atoms with Crippen LogP contribution in [-0.4, -0.2) is 63.5 Å². The van der Waals surface area contributed by atoms with Gasteiger partial charge in [0.05, 0.1) is 18.8 Å². The van der Waals surface area contributed by atoms with Crippen LogP contribution in [0.25, 0.3) is 0 Å². The summed E-state index contributed by atoms with van der Waals surface area (Å²) >= 11 is 0. The third-order valence-electron chi connectivity index (χ3n) is 7.97. The molecule has 0 heterocycles. The molecule has 0 aromatic rings. The van der Waals surface area contributed by atoms with Crippen LogP contribution in [0.3, 0.4) is 0 Å². The zero-order chi connectivity index (χ0) is 41.4. The van der Waals surface area contributed by atoms with Gasteiger partial charge in [0.2, 0.25) is 0 Å². The zero-order valence-electron chi connectivity index (χ0n) is 34.0. The molecule has 0 saturated carbocycles. The number of rotatable bonds is 35. The summed E-state index contributed by atoms with van der Waals surface area (Å²) in [4.78, 5) is 42.8. The summed E-state index contributed by atoms with van der Waals surface area (Å²) in [6.07, 6.45) is 47.2. The van der Waals surface area contributed by atoms with E-state index < -0.39 is 51.3 Å². The van der Waals surface area contributed by atoms with Crippen molar-refractivity contribution in [1.29, 1.82) is 0 Å². The van der Waals surface area contributed by atoms with Gasteiger partial charge in [-0.15, -0.1) is 0 Å². The number of carbonyl (C=O) groups excluding carboxylic acids is 2. The summed E-state index contributed by atoms with van der Waals surface area (Å²) in [7, 11) is -4.83. The molecule has 0 fully saturated rings. The van der Waals surface area contributed by atoms with E-state index >= 15 is 0 Å². The average molecular weight is 803 g/mol. The SMILES string of the molecule is CC/C=C\C/C=C\C/C=C\C/C=C\C/C=C\CCCCCC(=O)O[C@H](COC(=O)CCC[C@H](O)\C=C/C=C/C=C/[C@H](O)C/C=C\CCCCC)COP(=O)(O)O.